The van der Waals surface area contributed by atoms with Gasteiger partial charge in [-0.2, -0.15) is 5.10 Å². The first-order valence-corrected chi connectivity index (χ1v) is 6.52. The molecule has 0 aromatic carbocycles. The van der Waals surface area contributed by atoms with E-state index < -0.39 is 10.5 Å². The second-order valence-electron chi connectivity index (χ2n) is 5.50. The second-order valence-corrected chi connectivity index (χ2v) is 5.50. The highest BCUT2D eigenvalue weighted by molar-refractivity contribution is 5.57. The van der Waals surface area contributed by atoms with Crippen molar-refractivity contribution < 1.29 is 10.0 Å². The highest BCUT2D eigenvalue weighted by Gasteiger charge is 2.35. The summed E-state index contributed by atoms with van der Waals surface area (Å²) in [7, 11) is 1.62. The van der Waals surface area contributed by atoms with E-state index in [0.29, 0.717) is 25.2 Å². The first kappa shape index (κ1) is 15.1. The Hall–Kier alpha value is -2.32. The Labute approximate surface area is 120 Å². The molecule has 114 valence electrons. The third kappa shape index (κ3) is 3.23. The smallest absolute Gasteiger partial charge is 0.331 e. The number of hydrogen-bond donors (Lipinski definition) is 1. The van der Waals surface area contributed by atoms with E-state index in [2.05, 4.69) is 15.1 Å². The van der Waals surface area contributed by atoms with Crippen LogP contribution in [0, 0.1) is 10.1 Å². The second kappa shape index (κ2) is 5.58. The zero-order valence-electron chi connectivity index (χ0n) is 11.9. The van der Waals surface area contributed by atoms with E-state index in [9.17, 15) is 15.2 Å². The summed E-state index contributed by atoms with van der Waals surface area (Å²) in [6, 6.07) is -0.331. The number of anilines is 1. The van der Waals surface area contributed by atoms with Crippen molar-refractivity contribution in [2.75, 3.05) is 18.0 Å². The summed E-state index contributed by atoms with van der Waals surface area (Å²) in [5, 5.41) is 29.1. The molecule has 0 spiro atoms. The summed E-state index contributed by atoms with van der Waals surface area (Å²) < 4.78 is 1.42. The third-order valence-corrected chi connectivity index (χ3v) is 3.54. The molecule has 0 bridgehead atoms. The first-order valence-electron chi connectivity index (χ1n) is 6.52. The molecular weight excluding hydrogens is 278 g/mol. The van der Waals surface area contributed by atoms with Gasteiger partial charge in [0.15, 0.2) is 0 Å². The van der Waals surface area contributed by atoms with Crippen molar-refractivity contribution in [3.8, 4) is 0 Å². The Kier molecular flexibility index (Phi) is 4.01. The molecule has 0 radical (unpaired) electrons. The molecule has 1 N–H and O–H groups in total. The Morgan fingerprint density at radius 3 is 3.05 bits per heavy atom. The van der Waals surface area contributed by atoms with Crippen LogP contribution in [0.4, 0.5) is 11.5 Å². The molecule has 0 unspecified atom stereocenters. The van der Waals surface area contributed by atoms with Crippen molar-refractivity contribution in [2.45, 2.75) is 31.4 Å². The predicted molar refractivity (Wildman–Crippen MR) is 74.9 cm³/mol. The summed E-state index contributed by atoms with van der Waals surface area (Å²) in [6.45, 7) is 2.29. The van der Waals surface area contributed by atoms with E-state index >= 15 is 0 Å². The maximum absolute atomic E-state index is 11.1. The van der Waals surface area contributed by atoms with Gasteiger partial charge in [0.05, 0.1) is 10.5 Å². The Bertz CT molecular complexity index is 591. The standard InChI is InChI=1S/C11H17N7O3/c1-11(19)5-8(14-15-12)3-4-17(7-11)10-9(18(20)21)6-13-16(10)2/h6,8,19H,3-5,7H2,1-2H3/t8-,11+/m1/s1. The molecule has 10 nitrogen and oxygen atoms in total. The van der Waals surface area contributed by atoms with Gasteiger partial charge in [-0.25, -0.2) is 4.68 Å². The number of nitro groups is 1. The summed E-state index contributed by atoms with van der Waals surface area (Å²) >= 11 is 0. The lowest BCUT2D eigenvalue weighted by Crippen LogP contribution is -2.40. The van der Waals surface area contributed by atoms with E-state index in [4.69, 9.17) is 5.53 Å². The van der Waals surface area contributed by atoms with Gasteiger partial charge in [0.2, 0.25) is 5.82 Å². The van der Waals surface area contributed by atoms with Gasteiger partial charge in [-0.05, 0) is 25.3 Å². The minimum atomic E-state index is -1.10. The van der Waals surface area contributed by atoms with E-state index in [-0.39, 0.29) is 18.3 Å². The molecule has 1 aliphatic rings. The van der Waals surface area contributed by atoms with Crippen LogP contribution in [0.15, 0.2) is 11.3 Å². The van der Waals surface area contributed by atoms with Crippen LogP contribution in [-0.4, -0.2) is 44.5 Å². The summed E-state index contributed by atoms with van der Waals surface area (Å²) in [5.41, 5.74) is 7.35. The van der Waals surface area contributed by atoms with Gasteiger partial charge in [-0.1, -0.05) is 5.11 Å². The number of rotatable bonds is 3. The third-order valence-electron chi connectivity index (χ3n) is 3.54. The fourth-order valence-electron chi connectivity index (χ4n) is 2.74. The van der Waals surface area contributed by atoms with Crippen LogP contribution in [0.2, 0.25) is 0 Å². The van der Waals surface area contributed by atoms with E-state index in [0.717, 1.165) is 0 Å². The SMILES string of the molecule is Cn1ncc([N+](=O)[O-])c1N1CC[C@@H](N=[N+]=[N-])C[C@](C)(O)C1. The van der Waals surface area contributed by atoms with E-state index in [1.54, 1.807) is 18.9 Å². The van der Waals surface area contributed by atoms with Crippen LogP contribution in [0.3, 0.4) is 0 Å². The quantitative estimate of drug-likeness (QED) is 0.295. The Morgan fingerprint density at radius 2 is 2.43 bits per heavy atom. The van der Waals surface area contributed by atoms with Crippen LogP contribution < -0.4 is 4.90 Å². The number of β-amino-alcohol motifs (C(OH)–C–C–N with tert-alkyl or cyclic N) is 1. The number of aryl methyl sites for hydroxylation is 1. The summed E-state index contributed by atoms with van der Waals surface area (Å²) in [4.78, 5) is 15.1. The van der Waals surface area contributed by atoms with Crippen molar-refractivity contribution in [3.05, 3.63) is 26.8 Å². The summed E-state index contributed by atoms with van der Waals surface area (Å²) in [5.74, 6) is 0.349. The van der Waals surface area contributed by atoms with E-state index in [1.807, 2.05) is 0 Å². The Morgan fingerprint density at radius 1 is 1.71 bits per heavy atom. The average molecular weight is 295 g/mol. The highest BCUT2D eigenvalue weighted by Crippen LogP contribution is 2.32. The molecule has 1 fully saturated rings. The molecule has 2 heterocycles. The van der Waals surface area contributed by atoms with Gasteiger partial charge >= 0.3 is 5.69 Å². The zero-order chi connectivity index (χ0) is 15.6. The van der Waals surface area contributed by atoms with Gasteiger partial charge in [-0.3, -0.25) is 10.1 Å². The van der Waals surface area contributed by atoms with E-state index in [1.165, 1.54) is 10.9 Å². The first-order chi connectivity index (χ1) is 9.84. The normalized spacial score (nSPS) is 26.0. The molecule has 1 aromatic heterocycles. The Balaban J connectivity index is 2.34. The van der Waals surface area contributed by atoms with Crippen LogP contribution >= 0.6 is 0 Å². The van der Waals surface area contributed by atoms with Gasteiger partial charge in [0.25, 0.3) is 0 Å². The minimum absolute atomic E-state index is 0.101. The fourth-order valence-corrected chi connectivity index (χ4v) is 2.74. The average Bonchev–Trinajstić information content (AvgIpc) is 2.68. The maximum Gasteiger partial charge on any atom is 0.331 e. The lowest BCUT2D eigenvalue weighted by molar-refractivity contribution is -0.384. The fraction of sp³-hybridized carbons (Fsp3) is 0.727. The molecule has 21 heavy (non-hydrogen) atoms. The number of aromatic nitrogens is 2. The van der Waals surface area contributed by atoms with Crippen molar-refractivity contribution in [1.29, 1.82) is 0 Å². The molecule has 0 amide bonds. The van der Waals surface area contributed by atoms with Gasteiger partial charge in [0, 0.05) is 31.1 Å². The van der Waals surface area contributed by atoms with Crippen LogP contribution in [-0.2, 0) is 7.05 Å². The molecule has 1 saturated heterocycles. The lowest BCUT2D eigenvalue weighted by Gasteiger charge is -2.29. The summed E-state index contributed by atoms with van der Waals surface area (Å²) in [6.07, 6.45) is 2.03. The highest BCUT2D eigenvalue weighted by atomic mass is 16.6. The van der Waals surface area contributed by atoms with Crippen molar-refractivity contribution in [3.63, 3.8) is 0 Å². The predicted octanol–water partition coefficient (Wildman–Crippen LogP) is 1.36. The monoisotopic (exact) mass is 295 g/mol. The van der Waals surface area contributed by atoms with Gasteiger partial charge in [-0.15, -0.1) is 0 Å². The molecule has 1 aliphatic heterocycles. The molecular formula is C11H17N7O3. The number of aliphatic hydroxyl groups is 1. The topological polar surface area (TPSA) is 133 Å². The van der Waals surface area contributed by atoms with Crippen molar-refractivity contribution in [1.82, 2.24) is 9.78 Å². The molecule has 2 rings (SSSR count). The van der Waals surface area contributed by atoms with Crippen LogP contribution in [0.5, 0.6) is 0 Å². The maximum atomic E-state index is 11.1. The zero-order valence-corrected chi connectivity index (χ0v) is 11.9. The molecule has 10 heteroatoms. The molecule has 2 atom stereocenters. The minimum Gasteiger partial charge on any atom is -0.388 e. The molecule has 1 aromatic rings. The van der Waals surface area contributed by atoms with Crippen molar-refractivity contribution in [2.24, 2.45) is 12.2 Å². The van der Waals surface area contributed by atoms with Crippen LogP contribution in [0.1, 0.15) is 19.8 Å². The van der Waals surface area contributed by atoms with Crippen molar-refractivity contribution >= 4 is 11.5 Å². The number of nitrogens with zero attached hydrogens (tertiary/aromatic N) is 7. The lowest BCUT2D eigenvalue weighted by atomic mass is 9.97. The van der Waals surface area contributed by atoms with Gasteiger partial charge in [0.1, 0.15) is 6.20 Å². The number of azide groups is 1. The largest absolute Gasteiger partial charge is 0.388 e. The van der Waals surface area contributed by atoms with Crippen LogP contribution in [0.25, 0.3) is 10.4 Å². The molecule has 0 aliphatic carbocycles. The molecule has 0 saturated carbocycles. The number of hydrogen-bond acceptors (Lipinski definition) is 6. The van der Waals surface area contributed by atoms with Gasteiger partial charge < -0.3 is 10.0 Å².